The molecule has 1 aromatic carbocycles. The molecule has 0 aliphatic carbocycles. The van der Waals surface area contributed by atoms with Gasteiger partial charge in [-0.05, 0) is 18.2 Å². The Labute approximate surface area is 192 Å². The standard InChI is InChI=1S/C20H21F3N6O4S/c1-27-11-15(10-16(27)18(24)30)34(31,32)29-7-5-28(6-8-29)12-17-25-19(26-33-17)13-3-2-4-14(9-13)20(21,22)23/h2-4,9-11H,5-8,12H2,1H3,(H2,24,30). The Hall–Kier alpha value is -3.23. The largest absolute Gasteiger partial charge is 0.416 e. The van der Waals surface area contributed by atoms with Crippen molar-refractivity contribution in [3.05, 3.63) is 53.7 Å². The summed E-state index contributed by atoms with van der Waals surface area (Å²) in [6.07, 6.45) is -3.14. The fourth-order valence-electron chi connectivity index (χ4n) is 3.66. The zero-order chi connectivity index (χ0) is 24.7. The average molecular weight is 498 g/mol. The van der Waals surface area contributed by atoms with Crippen molar-refractivity contribution in [2.24, 2.45) is 12.8 Å². The van der Waals surface area contributed by atoms with Crippen molar-refractivity contribution >= 4 is 15.9 Å². The first-order chi connectivity index (χ1) is 15.9. The van der Waals surface area contributed by atoms with Crippen LogP contribution in [0.2, 0.25) is 0 Å². The maximum Gasteiger partial charge on any atom is 0.416 e. The summed E-state index contributed by atoms with van der Waals surface area (Å²) in [7, 11) is -2.27. The Morgan fingerprint density at radius 2 is 1.88 bits per heavy atom. The van der Waals surface area contributed by atoms with Crippen molar-refractivity contribution in [3.8, 4) is 11.4 Å². The van der Waals surface area contributed by atoms with Gasteiger partial charge >= 0.3 is 6.18 Å². The van der Waals surface area contributed by atoms with Gasteiger partial charge in [0.2, 0.25) is 21.7 Å². The van der Waals surface area contributed by atoms with E-state index in [0.717, 1.165) is 12.1 Å². The van der Waals surface area contributed by atoms with E-state index in [1.165, 1.54) is 40.3 Å². The third-order valence-corrected chi connectivity index (χ3v) is 7.34. The molecule has 1 saturated heterocycles. The van der Waals surface area contributed by atoms with Crippen LogP contribution in [0.1, 0.15) is 21.9 Å². The highest BCUT2D eigenvalue weighted by atomic mass is 32.2. The molecule has 1 fully saturated rings. The normalized spacial score (nSPS) is 16.1. The first-order valence-corrected chi connectivity index (χ1v) is 11.6. The number of rotatable bonds is 6. The van der Waals surface area contributed by atoms with E-state index in [2.05, 4.69) is 10.1 Å². The molecule has 0 radical (unpaired) electrons. The van der Waals surface area contributed by atoms with E-state index in [0.29, 0.717) is 13.1 Å². The summed E-state index contributed by atoms with van der Waals surface area (Å²) in [5.41, 5.74) is 4.72. The molecule has 14 heteroatoms. The summed E-state index contributed by atoms with van der Waals surface area (Å²) >= 11 is 0. The number of piperazine rings is 1. The van der Waals surface area contributed by atoms with Crippen molar-refractivity contribution in [2.45, 2.75) is 17.6 Å². The molecular weight excluding hydrogens is 477 g/mol. The van der Waals surface area contributed by atoms with Gasteiger partial charge in [-0.15, -0.1) is 0 Å². The van der Waals surface area contributed by atoms with E-state index in [9.17, 15) is 26.4 Å². The molecule has 0 spiro atoms. The lowest BCUT2D eigenvalue weighted by Gasteiger charge is -2.32. The molecule has 4 rings (SSSR count). The van der Waals surface area contributed by atoms with Gasteiger partial charge in [-0.1, -0.05) is 17.3 Å². The van der Waals surface area contributed by atoms with Gasteiger partial charge in [0.25, 0.3) is 5.91 Å². The number of nitrogens with zero attached hydrogens (tertiary/aromatic N) is 5. The molecular formula is C20H21F3N6O4S. The number of benzene rings is 1. The second-order valence-corrected chi connectivity index (χ2v) is 9.74. The van der Waals surface area contributed by atoms with Crippen LogP contribution in [0.25, 0.3) is 11.4 Å². The topological polar surface area (TPSA) is 128 Å². The number of halogens is 3. The first-order valence-electron chi connectivity index (χ1n) is 10.1. The SMILES string of the molecule is Cn1cc(S(=O)(=O)N2CCN(Cc3nc(-c4cccc(C(F)(F)F)c4)no3)CC2)cc1C(N)=O. The second-order valence-electron chi connectivity index (χ2n) is 7.81. The molecule has 34 heavy (non-hydrogen) atoms. The zero-order valence-electron chi connectivity index (χ0n) is 18.0. The van der Waals surface area contributed by atoms with Gasteiger partial charge in [-0.3, -0.25) is 9.69 Å². The van der Waals surface area contributed by atoms with Gasteiger partial charge in [0.1, 0.15) is 10.6 Å². The van der Waals surface area contributed by atoms with Crippen LogP contribution in [0.15, 0.2) is 45.9 Å². The smallest absolute Gasteiger partial charge is 0.364 e. The van der Waals surface area contributed by atoms with Crippen LogP contribution in [-0.2, 0) is 29.8 Å². The van der Waals surface area contributed by atoms with Crippen LogP contribution in [0.5, 0.6) is 0 Å². The molecule has 0 saturated carbocycles. The third-order valence-electron chi connectivity index (χ3n) is 5.48. The Morgan fingerprint density at radius 1 is 1.18 bits per heavy atom. The van der Waals surface area contributed by atoms with Crippen molar-refractivity contribution in [1.82, 2.24) is 23.9 Å². The fourth-order valence-corrected chi connectivity index (χ4v) is 5.15. The Balaban J connectivity index is 1.39. The van der Waals surface area contributed by atoms with Crippen LogP contribution < -0.4 is 5.73 Å². The molecule has 0 unspecified atom stereocenters. The number of nitrogens with two attached hydrogens (primary N) is 1. The molecule has 182 valence electrons. The van der Waals surface area contributed by atoms with Crippen LogP contribution in [-0.4, -0.2) is 64.4 Å². The van der Waals surface area contributed by atoms with Crippen LogP contribution >= 0.6 is 0 Å². The molecule has 1 aliphatic rings. The summed E-state index contributed by atoms with van der Waals surface area (Å²) in [4.78, 5) is 17.5. The molecule has 10 nitrogen and oxygen atoms in total. The van der Waals surface area contributed by atoms with Gasteiger partial charge in [0.05, 0.1) is 12.1 Å². The van der Waals surface area contributed by atoms with E-state index in [4.69, 9.17) is 10.3 Å². The van der Waals surface area contributed by atoms with Crippen LogP contribution in [0.4, 0.5) is 13.2 Å². The zero-order valence-corrected chi connectivity index (χ0v) is 18.8. The van der Waals surface area contributed by atoms with Gasteiger partial charge in [0.15, 0.2) is 0 Å². The minimum absolute atomic E-state index is 0.0140. The molecule has 0 bridgehead atoms. The first kappa shape index (κ1) is 23.9. The predicted molar refractivity (Wildman–Crippen MR) is 113 cm³/mol. The number of sulfonamides is 1. The number of carbonyl (C=O) groups excluding carboxylic acids is 1. The minimum atomic E-state index is -4.48. The van der Waals surface area contributed by atoms with Gasteiger partial charge in [0, 0.05) is 45.0 Å². The number of primary amides is 1. The molecule has 3 heterocycles. The number of aromatic nitrogens is 3. The lowest BCUT2D eigenvalue weighted by molar-refractivity contribution is -0.137. The Bertz CT molecular complexity index is 1310. The van der Waals surface area contributed by atoms with Crippen molar-refractivity contribution < 1.29 is 30.9 Å². The summed E-state index contributed by atoms with van der Waals surface area (Å²) in [5.74, 6) is -0.479. The molecule has 1 amide bonds. The molecule has 2 N–H and O–H groups in total. The van der Waals surface area contributed by atoms with E-state index in [-0.39, 0.29) is 47.5 Å². The third kappa shape index (κ3) is 4.83. The summed E-state index contributed by atoms with van der Waals surface area (Å²) in [5, 5.41) is 3.77. The number of amides is 1. The number of alkyl halides is 3. The molecule has 0 atom stereocenters. The Morgan fingerprint density at radius 3 is 2.50 bits per heavy atom. The van der Waals surface area contributed by atoms with Crippen LogP contribution in [0.3, 0.4) is 0 Å². The minimum Gasteiger partial charge on any atom is -0.364 e. The highest BCUT2D eigenvalue weighted by Gasteiger charge is 2.32. The van der Waals surface area contributed by atoms with Crippen molar-refractivity contribution in [3.63, 3.8) is 0 Å². The van der Waals surface area contributed by atoms with Crippen molar-refractivity contribution in [1.29, 1.82) is 0 Å². The molecule has 2 aromatic heterocycles. The van der Waals surface area contributed by atoms with Crippen molar-refractivity contribution in [2.75, 3.05) is 26.2 Å². The number of aryl methyl sites for hydroxylation is 1. The summed E-state index contributed by atoms with van der Waals surface area (Å²) in [6, 6.07) is 5.89. The van der Waals surface area contributed by atoms with Gasteiger partial charge in [-0.2, -0.15) is 22.5 Å². The lowest BCUT2D eigenvalue weighted by atomic mass is 10.1. The maximum absolute atomic E-state index is 12.9. The maximum atomic E-state index is 12.9. The van der Waals surface area contributed by atoms with Gasteiger partial charge < -0.3 is 14.8 Å². The van der Waals surface area contributed by atoms with E-state index in [1.54, 1.807) is 0 Å². The summed E-state index contributed by atoms with van der Waals surface area (Å²) < 4.78 is 72.5. The highest BCUT2D eigenvalue weighted by molar-refractivity contribution is 7.89. The predicted octanol–water partition coefficient (Wildman–Crippen LogP) is 1.70. The number of hydrogen-bond acceptors (Lipinski definition) is 7. The number of hydrogen-bond donors (Lipinski definition) is 1. The van der Waals surface area contributed by atoms with E-state index < -0.39 is 27.7 Å². The van der Waals surface area contributed by atoms with Gasteiger partial charge in [-0.25, -0.2) is 8.42 Å². The average Bonchev–Trinajstić information content (AvgIpc) is 3.41. The van der Waals surface area contributed by atoms with E-state index in [1.807, 2.05) is 4.90 Å². The van der Waals surface area contributed by atoms with Crippen LogP contribution in [0, 0.1) is 0 Å². The molecule has 3 aromatic rings. The lowest BCUT2D eigenvalue weighted by Crippen LogP contribution is -2.48. The van der Waals surface area contributed by atoms with E-state index >= 15 is 0 Å². The molecule has 1 aliphatic heterocycles. The monoisotopic (exact) mass is 498 g/mol. The Kier molecular flexibility index (Phi) is 6.22. The second kappa shape index (κ2) is 8.85. The fraction of sp³-hybridized carbons (Fsp3) is 0.350. The summed E-state index contributed by atoms with van der Waals surface area (Å²) in [6.45, 7) is 1.35. The quantitative estimate of drug-likeness (QED) is 0.548. The highest BCUT2D eigenvalue weighted by Crippen LogP contribution is 2.31. The number of carbonyl (C=O) groups is 1.